The third-order valence-electron chi connectivity index (χ3n) is 3.19. The molecule has 0 fully saturated rings. The molecule has 1 aliphatic heterocycles. The summed E-state index contributed by atoms with van der Waals surface area (Å²) >= 11 is 0. The Kier molecular flexibility index (Phi) is 4.51. The van der Waals surface area contributed by atoms with E-state index in [1.807, 2.05) is 0 Å². The number of carbonyl (C=O) groups excluding carboxylic acids is 1. The number of hydrogen-bond acceptors (Lipinski definition) is 4. The first-order chi connectivity index (χ1) is 11.9. The van der Waals surface area contributed by atoms with Crippen molar-refractivity contribution in [3.63, 3.8) is 0 Å². The highest BCUT2D eigenvalue weighted by atomic mass is 19.3. The first-order valence-corrected chi connectivity index (χ1v) is 6.95. The number of carbonyl (C=O) groups is 1. The molecule has 0 bridgehead atoms. The van der Waals surface area contributed by atoms with Gasteiger partial charge in [-0.15, -0.1) is 0 Å². The highest BCUT2D eigenvalue weighted by molar-refractivity contribution is 6.12. The number of ether oxygens (including phenoxy) is 2. The van der Waals surface area contributed by atoms with E-state index in [-0.39, 0.29) is 22.9 Å². The predicted molar refractivity (Wildman–Crippen MR) is 80.0 cm³/mol. The standard InChI is InChI=1S/C17H9F4NO3/c18-12-6-1-9(7-13(12)19)8-14-16(23)25-15(22-14)10-2-4-11(5-3-10)24-17(20)21/h1-8,17H/b14-8-. The number of benzene rings is 2. The van der Waals surface area contributed by atoms with E-state index in [1.165, 1.54) is 36.4 Å². The molecule has 0 spiro atoms. The summed E-state index contributed by atoms with van der Waals surface area (Å²) in [5, 5.41) is 0. The van der Waals surface area contributed by atoms with Crippen LogP contribution < -0.4 is 4.74 Å². The number of esters is 1. The minimum Gasteiger partial charge on any atom is -0.435 e. The number of alkyl halides is 2. The van der Waals surface area contributed by atoms with Crippen LogP contribution in [-0.4, -0.2) is 18.5 Å². The van der Waals surface area contributed by atoms with Gasteiger partial charge in [0.1, 0.15) is 5.75 Å². The van der Waals surface area contributed by atoms with Crippen molar-refractivity contribution in [2.75, 3.05) is 0 Å². The van der Waals surface area contributed by atoms with Gasteiger partial charge in [-0.3, -0.25) is 0 Å². The second-order valence-corrected chi connectivity index (χ2v) is 4.91. The zero-order valence-electron chi connectivity index (χ0n) is 12.4. The molecule has 0 saturated carbocycles. The molecule has 8 heteroatoms. The number of cyclic esters (lactones) is 1. The molecule has 2 aromatic carbocycles. The molecular formula is C17H9F4NO3. The van der Waals surface area contributed by atoms with Gasteiger partial charge >= 0.3 is 12.6 Å². The second-order valence-electron chi connectivity index (χ2n) is 4.91. The van der Waals surface area contributed by atoms with Crippen molar-refractivity contribution in [2.24, 2.45) is 4.99 Å². The van der Waals surface area contributed by atoms with Crippen molar-refractivity contribution in [3.05, 3.63) is 70.9 Å². The lowest BCUT2D eigenvalue weighted by molar-refractivity contribution is -0.129. The van der Waals surface area contributed by atoms with E-state index in [2.05, 4.69) is 9.73 Å². The predicted octanol–water partition coefficient (Wildman–Crippen LogP) is 3.91. The Hall–Kier alpha value is -3.16. The molecule has 0 N–H and O–H groups in total. The van der Waals surface area contributed by atoms with Crippen LogP contribution in [0.25, 0.3) is 6.08 Å². The van der Waals surface area contributed by atoms with Crippen molar-refractivity contribution < 1.29 is 31.8 Å². The molecule has 0 atom stereocenters. The topological polar surface area (TPSA) is 47.9 Å². The second kappa shape index (κ2) is 6.76. The van der Waals surface area contributed by atoms with E-state index in [4.69, 9.17) is 4.74 Å². The van der Waals surface area contributed by atoms with Gasteiger partial charge in [0, 0.05) is 5.56 Å². The Morgan fingerprint density at radius 1 is 1.04 bits per heavy atom. The number of nitrogens with zero attached hydrogens (tertiary/aromatic N) is 1. The molecule has 2 aromatic rings. The van der Waals surface area contributed by atoms with Gasteiger partial charge in [-0.1, -0.05) is 6.07 Å². The van der Waals surface area contributed by atoms with E-state index >= 15 is 0 Å². The van der Waals surface area contributed by atoms with E-state index in [0.29, 0.717) is 5.56 Å². The van der Waals surface area contributed by atoms with Gasteiger partial charge in [0.2, 0.25) is 5.90 Å². The van der Waals surface area contributed by atoms with Crippen LogP contribution in [0.4, 0.5) is 17.6 Å². The smallest absolute Gasteiger partial charge is 0.387 e. The number of rotatable bonds is 4. The average Bonchev–Trinajstić information content (AvgIpc) is 2.92. The van der Waals surface area contributed by atoms with Gasteiger partial charge in [-0.05, 0) is 48.0 Å². The minimum absolute atomic E-state index is 0.0394. The SMILES string of the molecule is O=C1OC(c2ccc(OC(F)F)cc2)=N/C1=C\c1ccc(F)c(F)c1. The third kappa shape index (κ3) is 3.85. The lowest BCUT2D eigenvalue weighted by Gasteiger charge is -2.04. The first kappa shape index (κ1) is 16.7. The molecule has 0 aromatic heterocycles. The highest BCUT2D eigenvalue weighted by Gasteiger charge is 2.24. The summed E-state index contributed by atoms with van der Waals surface area (Å²) in [5.41, 5.74) is 0.495. The molecule has 0 aliphatic carbocycles. The molecule has 1 aliphatic rings. The van der Waals surface area contributed by atoms with Crippen molar-refractivity contribution in [1.82, 2.24) is 0 Å². The summed E-state index contributed by atoms with van der Waals surface area (Å²) in [5.74, 6) is -2.93. The van der Waals surface area contributed by atoms with Gasteiger partial charge < -0.3 is 9.47 Å². The minimum atomic E-state index is -2.95. The molecule has 0 amide bonds. The molecule has 4 nitrogen and oxygen atoms in total. The van der Waals surface area contributed by atoms with Crippen LogP contribution in [0.5, 0.6) is 5.75 Å². The molecule has 3 rings (SSSR count). The largest absolute Gasteiger partial charge is 0.435 e. The van der Waals surface area contributed by atoms with Crippen LogP contribution in [0, 0.1) is 11.6 Å². The highest BCUT2D eigenvalue weighted by Crippen LogP contribution is 2.22. The summed E-state index contributed by atoms with van der Waals surface area (Å²) in [4.78, 5) is 15.8. The maximum atomic E-state index is 13.2. The van der Waals surface area contributed by atoms with E-state index in [0.717, 1.165) is 12.1 Å². The molecule has 1 heterocycles. The molecule has 25 heavy (non-hydrogen) atoms. The van der Waals surface area contributed by atoms with E-state index in [1.54, 1.807) is 0 Å². The normalized spacial score (nSPS) is 15.5. The number of aliphatic imine (C=N–C) groups is 1. The van der Waals surface area contributed by atoms with Crippen molar-refractivity contribution in [2.45, 2.75) is 6.61 Å². The Morgan fingerprint density at radius 3 is 2.40 bits per heavy atom. The van der Waals surface area contributed by atoms with Gasteiger partial charge in [0.05, 0.1) is 0 Å². The lowest BCUT2D eigenvalue weighted by Crippen LogP contribution is -2.06. The van der Waals surface area contributed by atoms with Gasteiger partial charge in [-0.2, -0.15) is 8.78 Å². The summed E-state index contributed by atoms with van der Waals surface area (Å²) in [6, 6.07) is 8.45. The Bertz CT molecular complexity index is 876. The number of hydrogen-bond donors (Lipinski definition) is 0. The Labute approximate surface area is 139 Å². The zero-order valence-corrected chi connectivity index (χ0v) is 12.4. The van der Waals surface area contributed by atoms with Gasteiger partial charge in [0.25, 0.3) is 0 Å². The van der Waals surface area contributed by atoms with Crippen molar-refractivity contribution in [1.29, 1.82) is 0 Å². The van der Waals surface area contributed by atoms with Crippen LogP contribution in [0.3, 0.4) is 0 Å². The lowest BCUT2D eigenvalue weighted by atomic mass is 10.2. The Morgan fingerprint density at radius 2 is 1.76 bits per heavy atom. The first-order valence-electron chi connectivity index (χ1n) is 6.95. The van der Waals surface area contributed by atoms with Gasteiger partial charge in [0.15, 0.2) is 17.3 Å². The molecular weight excluding hydrogens is 342 g/mol. The summed E-state index contributed by atoms with van der Waals surface area (Å²) < 4.78 is 59.5. The third-order valence-corrected chi connectivity index (χ3v) is 3.19. The molecule has 0 radical (unpaired) electrons. The maximum Gasteiger partial charge on any atom is 0.387 e. The Balaban J connectivity index is 1.84. The van der Waals surface area contributed by atoms with Crippen LogP contribution in [0.15, 0.2) is 53.2 Å². The van der Waals surface area contributed by atoms with Crippen LogP contribution in [0.2, 0.25) is 0 Å². The molecule has 0 unspecified atom stereocenters. The fraction of sp³-hybridized carbons (Fsp3) is 0.0588. The van der Waals surface area contributed by atoms with Gasteiger partial charge in [-0.25, -0.2) is 18.6 Å². The summed E-state index contributed by atoms with van der Waals surface area (Å²) in [6.45, 7) is -2.95. The van der Waals surface area contributed by atoms with Crippen LogP contribution in [0.1, 0.15) is 11.1 Å². The van der Waals surface area contributed by atoms with E-state index < -0.39 is 24.2 Å². The fourth-order valence-electron chi connectivity index (χ4n) is 2.07. The fourth-order valence-corrected chi connectivity index (χ4v) is 2.07. The van der Waals surface area contributed by atoms with E-state index in [9.17, 15) is 22.4 Å². The maximum absolute atomic E-state index is 13.2. The summed E-state index contributed by atoms with van der Waals surface area (Å²) in [6.07, 6.45) is 1.24. The number of halogens is 4. The average molecular weight is 351 g/mol. The van der Waals surface area contributed by atoms with Crippen LogP contribution >= 0.6 is 0 Å². The van der Waals surface area contributed by atoms with Crippen LogP contribution in [-0.2, 0) is 9.53 Å². The summed E-state index contributed by atoms with van der Waals surface area (Å²) in [7, 11) is 0. The molecule has 0 saturated heterocycles. The molecule has 128 valence electrons. The quantitative estimate of drug-likeness (QED) is 0.477. The van der Waals surface area contributed by atoms with Crippen molar-refractivity contribution in [3.8, 4) is 5.75 Å². The monoisotopic (exact) mass is 351 g/mol. The zero-order chi connectivity index (χ0) is 18.0. The van der Waals surface area contributed by atoms with Crippen molar-refractivity contribution >= 4 is 17.9 Å².